The predicted molar refractivity (Wildman–Crippen MR) is 54.6 cm³/mol. The summed E-state index contributed by atoms with van der Waals surface area (Å²) in [6.45, 7) is 6.04. The second kappa shape index (κ2) is 4.87. The number of nitrogens with one attached hydrogen (secondary N) is 2. The third-order valence-corrected chi connectivity index (χ3v) is 1.51. The maximum Gasteiger partial charge on any atom is 0.117 e. The molecule has 5 N–H and O–H groups in total. The van der Waals surface area contributed by atoms with Crippen molar-refractivity contribution in [2.75, 3.05) is 6.54 Å². The van der Waals surface area contributed by atoms with Crippen molar-refractivity contribution in [2.24, 2.45) is 5.73 Å². The van der Waals surface area contributed by atoms with Crippen molar-refractivity contribution in [1.82, 2.24) is 5.32 Å². The van der Waals surface area contributed by atoms with E-state index < -0.39 is 5.60 Å². The van der Waals surface area contributed by atoms with Gasteiger partial charge in [-0.15, -0.1) is 0 Å². The molecule has 0 unspecified atom stereocenters. The minimum Gasteiger partial charge on any atom is -0.390 e. The number of hydrogen-bond donors (Lipinski definition) is 4. The Labute approximate surface area is 79.3 Å². The van der Waals surface area contributed by atoms with Crippen LogP contribution in [0.5, 0.6) is 0 Å². The van der Waals surface area contributed by atoms with Crippen molar-refractivity contribution in [3.05, 3.63) is 11.8 Å². The number of aliphatic hydroxyl groups is 1. The first kappa shape index (κ1) is 12.0. The van der Waals surface area contributed by atoms with Crippen LogP contribution in [0.25, 0.3) is 0 Å². The Kier molecular flexibility index (Phi) is 4.48. The van der Waals surface area contributed by atoms with Crippen molar-refractivity contribution in [1.29, 1.82) is 5.41 Å². The molecule has 0 aliphatic heterocycles. The molecule has 0 saturated carbocycles. The lowest BCUT2D eigenvalue weighted by Crippen LogP contribution is -2.26. The average Bonchev–Trinajstić information content (AvgIpc) is 1.81. The molecule has 0 aliphatic rings. The lowest BCUT2D eigenvalue weighted by atomic mass is 10.1. The highest BCUT2D eigenvalue weighted by atomic mass is 16.3. The lowest BCUT2D eigenvalue weighted by molar-refractivity contribution is 0.0719. The van der Waals surface area contributed by atoms with Crippen LogP contribution in [0.2, 0.25) is 0 Å². The molecule has 0 aromatic carbocycles. The van der Waals surface area contributed by atoms with Crippen LogP contribution in [0.4, 0.5) is 0 Å². The van der Waals surface area contributed by atoms with E-state index in [4.69, 9.17) is 11.1 Å². The number of hydrogen-bond acceptors (Lipinski definition) is 3. The minimum absolute atomic E-state index is 0.0354. The van der Waals surface area contributed by atoms with E-state index >= 15 is 0 Å². The van der Waals surface area contributed by atoms with E-state index in [1.807, 2.05) is 6.92 Å². The smallest absolute Gasteiger partial charge is 0.117 e. The summed E-state index contributed by atoms with van der Waals surface area (Å²) >= 11 is 0. The zero-order valence-electron chi connectivity index (χ0n) is 8.52. The predicted octanol–water partition coefficient (Wildman–Crippen LogP) is 0.577. The van der Waals surface area contributed by atoms with Crippen LogP contribution >= 0.6 is 0 Å². The van der Waals surface area contributed by atoms with Gasteiger partial charge in [0, 0.05) is 12.2 Å². The van der Waals surface area contributed by atoms with E-state index in [2.05, 4.69) is 5.32 Å². The Morgan fingerprint density at radius 1 is 1.62 bits per heavy atom. The molecule has 0 rings (SSSR count). The van der Waals surface area contributed by atoms with Gasteiger partial charge >= 0.3 is 0 Å². The molecule has 0 fully saturated rings. The first-order chi connectivity index (χ1) is 5.81. The summed E-state index contributed by atoms with van der Waals surface area (Å²) < 4.78 is 0. The molecular weight excluding hydrogens is 166 g/mol. The summed E-state index contributed by atoms with van der Waals surface area (Å²) in [7, 11) is 0. The molecule has 13 heavy (non-hydrogen) atoms. The first-order valence-corrected chi connectivity index (χ1v) is 4.30. The molecule has 0 bridgehead atoms. The fourth-order valence-corrected chi connectivity index (χ4v) is 0.850. The number of nitrogens with two attached hydrogens (primary N) is 1. The van der Waals surface area contributed by atoms with Gasteiger partial charge in [-0.1, -0.05) is 0 Å². The molecule has 0 atom stereocenters. The van der Waals surface area contributed by atoms with E-state index in [0.717, 1.165) is 5.70 Å². The van der Waals surface area contributed by atoms with E-state index in [1.54, 1.807) is 19.9 Å². The number of rotatable bonds is 5. The molecule has 0 heterocycles. The Balaban J connectivity index is 3.72. The van der Waals surface area contributed by atoms with E-state index in [0.29, 0.717) is 13.0 Å². The molecule has 4 heteroatoms. The third-order valence-electron chi connectivity index (χ3n) is 1.51. The van der Waals surface area contributed by atoms with Crippen LogP contribution < -0.4 is 11.1 Å². The highest BCUT2D eigenvalue weighted by Gasteiger charge is 2.10. The van der Waals surface area contributed by atoms with Gasteiger partial charge in [0.25, 0.3) is 0 Å². The maximum absolute atomic E-state index is 9.39. The summed E-state index contributed by atoms with van der Waals surface area (Å²) in [5.41, 5.74) is 5.36. The first-order valence-electron chi connectivity index (χ1n) is 4.30. The van der Waals surface area contributed by atoms with Gasteiger partial charge in [0.1, 0.15) is 5.84 Å². The molecule has 0 aromatic heterocycles. The Morgan fingerprint density at radius 2 is 2.15 bits per heavy atom. The monoisotopic (exact) mass is 185 g/mol. The van der Waals surface area contributed by atoms with Crippen molar-refractivity contribution in [3.63, 3.8) is 0 Å². The van der Waals surface area contributed by atoms with E-state index in [9.17, 15) is 5.11 Å². The normalized spacial score (nSPS) is 12.8. The Morgan fingerprint density at radius 3 is 2.54 bits per heavy atom. The molecule has 0 aliphatic carbocycles. The van der Waals surface area contributed by atoms with Gasteiger partial charge < -0.3 is 16.2 Å². The van der Waals surface area contributed by atoms with E-state index in [1.165, 1.54) is 0 Å². The van der Waals surface area contributed by atoms with Crippen LogP contribution in [0.15, 0.2) is 11.8 Å². The third kappa shape index (κ3) is 8.88. The molecule has 0 saturated heterocycles. The largest absolute Gasteiger partial charge is 0.390 e. The standard InChI is InChI=1S/C9H19N3O/c1-7(6-8(10)11)12-5-4-9(2,3)13/h6,12-13H,4-5H2,1-3H3,(H3,10,11)/b7-6-. The van der Waals surface area contributed by atoms with Gasteiger partial charge in [-0.2, -0.15) is 0 Å². The molecular formula is C9H19N3O. The highest BCUT2D eigenvalue weighted by molar-refractivity contribution is 5.88. The fourth-order valence-electron chi connectivity index (χ4n) is 0.850. The molecule has 0 aromatic rings. The van der Waals surface area contributed by atoms with Crippen LogP contribution in [0.1, 0.15) is 27.2 Å². The molecule has 76 valence electrons. The Hall–Kier alpha value is -1.03. The van der Waals surface area contributed by atoms with E-state index in [-0.39, 0.29) is 5.84 Å². The topological polar surface area (TPSA) is 82.1 Å². The van der Waals surface area contributed by atoms with Gasteiger partial charge in [-0.25, -0.2) is 0 Å². The highest BCUT2D eigenvalue weighted by Crippen LogP contribution is 2.05. The molecule has 0 radical (unpaired) electrons. The number of allylic oxidation sites excluding steroid dienone is 1. The van der Waals surface area contributed by atoms with Crippen LogP contribution in [0.3, 0.4) is 0 Å². The Bertz CT molecular complexity index is 203. The van der Waals surface area contributed by atoms with Crippen molar-refractivity contribution >= 4 is 5.84 Å². The molecule has 4 nitrogen and oxygen atoms in total. The van der Waals surface area contributed by atoms with Crippen LogP contribution in [-0.4, -0.2) is 23.1 Å². The summed E-state index contributed by atoms with van der Waals surface area (Å²) in [5.74, 6) is 0.0354. The zero-order valence-corrected chi connectivity index (χ0v) is 8.52. The molecule has 0 spiro atoms. The van der Waals surface area contributed by atoms with Crippen molar-refractivity contribution < 1.29 is 5.11 Å². The van der Waals surface area contributed by atoms with Gasteiger partial charge in [0.15, 0.2) is 0 Å². The number of amidine groups is 1. The summed E-state index contributed by atoms with van der Waals surface area (Å²) in [4.78, 5) is 0. The van der Waals surface area contributed by atoms with Gasteiger partial charge in [0.05, 0.1) is 5.60 Å². The maximum atomic E-state index is 9.39. The zero-order chi connectivity index (χ0) is 10.5. The van der Waals surface area contributed by atoms with Crippen LogP contribution in [0, 0.1) is 5.41 Å². The van der Waals surface area contributed by atoms with Crippen LogP contribution in [-0.2, 0) is 0 Å². The van der Waals surface area contributed by atoms with Gasteiger partial charge in [-0.3, -0.25) is 5.41 Å². The summed E-state index contributed by atoms with van der Waals surface area (Å²) in [6, 6.07) is 0. The molecule has 0 amide bonds. The SMILES string of the molecule is C/C(=C/C(=N)N)NCCC(C)(C)O. The quantitative estimate of drug-likeness (QED) is 0.373. The minimum atomic E-state index is -0.649. The van der Waals surface area contributed by atoms with Gasteiger partial charge in [0.2, 0.25) is 0 Å². The van der Waals surface area contributed by atoms with Crippen molar-refractivity contribution in [3.8, 4) is 0 Å². The second-order valence-corrected chi connectivity index (χ2v) is 3.77. The summed E-state index contributed by atoms with van der Waals surface area (Å²) in [5, 5.41) is 19.4. The average molecular weight is 185 g/mol. The lowest BCUT2D eigenvalue weighted by Gasteiger charge is -2.17. The van der Waals surface area contributed by atoms with Gasteiger partial charge in [-0.05, 0) is 33.3 Å². The van der Waals surface area contributed by atoms with Crippen molar-refractivity contribution in [2.45, 2.75) is 32.8 Å². The summed E-state index contributed by atoms with van der Waals surface area (Å²) in [6.07, 6.45) is 2.21. The fraction of sp³-hybridized carbons (Fsp3) is 0.667. The second-order valence-electron chi connectivity index (χ2n) is 3.77.